The molecule has 10 aromatic rings. The molecule has 0 saturated carbocycles. The number of rotatable bonds is 7. The van der Waals surface area contributed by atoms with Gasteiger partial charge in [0.05, 0.1) is 5.69 Å². The summed E-state index contributed by atoms with van der Waals surface area (Å²) in [5, 5.41) is 7.48. The van der Waals surface area contributed by atoms with Crippen molar-refractivity contribution in [2.75, 3.05) is 4.90 Å². The molecule has 1 heteroatoms. The SMILES string of the molecule is c1cc(-c2cccc3ccccc23)cc(N(c2ccc(-c3ccc(-c4ccc5ccccc5c4)cc3)cc2)c2ccccc2-c2ccc3ccccc3c2)c1. The molecule has 0 N–H and O–H groups in total. The molecule has 0 heterocycles. The Morgan fingerprint density at radius 3 is 1.44 bits per heavy atom. The Morgan fingerprint density at radius 2 is 0.709 bits per heavy atom. The average Bonchev–Trinajstić information content (AvgIpc) is 3.26. The third kappa shape index (κ3) is 6.22. The van der Waals surface area contributed by atoms with E-state index in [1.807, 2.05) is 0 Å². The zero-order chi connectivity index (χ0) is 36.6. The molecule has 10 aromatic carbocycles. The van der Waals surface area contributed by atoms with Crippen molar-refractivity contribution in [3.63, 3.8) is 0 Å². The molecule has 0 spiro atoms. The number of hydrogen-bond acceptors (Lipinski definition) is 1. The molecule has 0 radical (unpaired) electrons. The number of anilines is 3. The van der Waals surface area contributed by atoms with Gasteiger partial charge in [0.1, 0.15) is 0 Å². The zero-order valence-corrected chi connectivity index (χ0v) is 30.3. The van der Waals surface area contributed by atoms with Gasteiger partial charge in [0.15, 0.2) is 0 Å². The van der Waals surface area contributed by atoms with E-state index in [0.717, 1.165) is 17.1 Å². The lowest BCUT2D eigenvalue weighted by Gasteiger charge is -2.28. The Hall–Kier alpha value is -7.22. The fraction of sp³-hybridized carbons (Fsp3) is 0. The van der Waals surface area contributed by atoms with Crippen molar-refractivity contribution < 1.29 is 0 Å². The maximum absolute atomic E-state index is 2.41. The van der Waals surface area contributed by atoms with Gasteiger partial charge in [-0.15, -0.1) is 0 Å². The first kappa shape index (κ1) is 32.4. The molecule has 10 rings (SSSR count). The van der Waals surface area contributed by atoms with Crippen LogP contribution in [0.15, 0.2) is 224 Å². The first-order valence-corrected chi connectivity index (χ1v) is 18.9. The molecule has 0 unspecified atom stereocenters. The van der Waals surface area contributed by atoms with Gasteiger partial charge in [0.25, 0.3) is 0 Å². The molecule has 0 saturated heterocycles. The van der Waals surface area contributed by atoms with Crippen LogP contribution in [0.3, 0.4) is 0 Å². The lowest BCUT2D eigenvalue weighted by Crippen LogP contribution is -2.11. The highest BCUT2D eigenvalue weighted by Gasteiger charge is 2.18. The standard InChI is InChI=1S/C54H37N/c1-3-14-44-35-46(29-27-38(44)11-1)42-25-23-40(24-26-42)41-31-33-49(34-32-41)55(50-18-9-17-47(37-50)52-21-10-16-43-13-5-6-19-51(43)52)54-22-8-7-20-53(54)48-30-28-39-12-2-4-15-45(39)36-48/h1-37H. The highest BCUT2D eigenvalue weighted by Crippen LogP contribution is 2.43. The van der Waals surface area contributed by atoms with Crippen LogP contribution in [0.5, 0.6) is 0 Å². The summed E-state index contributed by atoms with van der Waals surface area (Å²) >= 11 is 0. The topological polar surface area (TPSA) is 3.24 Å². The van der Waals surface area contributed by atoms with E-state index in [-0.39, 0.29) is 0 Å². The Labute approximate surface area is 322 Å². The maximum Gasteiger partial charge on any atom is 0.0540 e. The Balaban J connectivity index is 1.06. The summed E-state index contributed by atoms with van der Waals surface area (Å²) in [6.45, 7) is 0. The Morgan fingerprint density at radius 1 is 0.236 bits per heavy atom. The van der Waals surface area contributed by atoms with Crippen molar-refractivity contribution in [2.24, 2.45) is 0 Å². The van der Waals surface area contributed by atoms with Gasteiger partial charge in [-0.05, 0) is 114 Å². The van der Waals surface area contributed by atoms with Gasteiger partial charge in [0, 0.05) is 16.9 Å². The molecule has 0 bridgehead atoms. The summed E-state index contributed by atoms with van der Waals surface area (Å²) in [6.07, 6.45) is 0. The van der Waals surface area contributed by atoms with Crippen LogP contribution in [0.2, 0.25) is 0 Å². The molecular formula is C54H37N. The predicted octanol–water partition coefficient (Wildman–Crippen LogP) is 15.3. The molecule has 0 aliphatic heterocycles. The Kier molecular flexibility index (Phi) is 8.24. The van der Waals surface area contributed by atoms with Crippen molar-refractivity contribution in [1.82, 2.24) is 0 Å². The quantitative estimate of drug-likeness (QED) is 0.160. The normalized spacial score (nSPS) is 11.3. The number of hydrogen-bond donors (Lipinski definition) is 0. The molecule has 55 heavy (non-hydrogen) atoms. The van der Waals surface area contributed by atoms with E-state index < -0.39 is 0 Å². The van der Waals surface area contributed by atoms with Crippen molar-refractivity contribution >= 4 is 49.4 Å². The zero-order valence-electron chi connectivity index (χ0n) is 30.3. The van der Waals surface area contributed by atoms with E-state index in [9.17, 15) is 0 Å². The van der Waals surface area contributed by atoms with E-state index in [1.165, 1.54) is 76.8 Å². The van der Waals surface area contributed by atoms with Gasteiger partial charge in [-0.3, -0.25) is 0 Å². The van der Waals surface area contributed by atoms with Crippen LogP contribution in [0.1, 0.15) is 0 Å². The minimum absolute atomic E-state index is 1.10. The van der Waals surface area contributed by atoms with Gasteiger partial charge >= 0.3 is 0 Å². The van der Waals surface area contributed by atoms with Crippen LogP contribution in [-0.2, 0) is 0 Å². The van der Waals surface area contributed by atoms with Gasteiger partial charge in [-0.25, -0.2) is 0 Å². The van der Waals surface area contributed by atoms with Crippen LogP contribution in [0.25, 0.3) is 76.8 Å². The van der Waals surface area contributed by atoms with E-state index >= 15 is 0 Å². The summed E-state index contributed by atoms with van der Waals surface area (Å²) in [5.41, 5.74) is 12.9. The summed E-state index contributed by atoms with van der Waals surface area (Å²) in [4.78, 5) is 2.41. The molecule has 0 aromatic heterocycles. The molecule has 0 atom stereocenters. The number of nitrogens with zero attached hydrogens (tertiary/aromatic N) is 1. The summed E-state index contributed by atoms with van der Waals surface area (Å²) < 4.78 is 0. The molecule has 0 aliphatic carbocycles. The van der Waals surface area contributed by atoms with Crippen LogP contribution < -0.4 is 4.90 Å². The van der Waals surface area contributed by atoms with Crippen molar-refractivity contribution in [3.8, 4) is 44.5 Å². The van der Waals surface area contributed by atoms with Crippen molar-refractivity contribution in [1.29, 1.82) is 0 Å². The van der Waals surface area contributed by atoms with E-state index in [2.05, 4.69) is 229 Å². The van der Waals surface area contributed by atoms with Gasteiger partial charge in [0.2, 0.25) is 0 Å². The molecule has 0 aliphatic rings. The number of fused-ring (bicyclic) bond motifs is 3. The number of benzene rings is 10. The van der Waals surface area contributed by atoms with Crippen LogP contribution >= 0.6 is 0 Å². The van der Waals surface area contributed by atoms with Gasteiger partial charge < -0.3 is 4.90 Å². The average molecular weight is 700 g/mol. The molecule has 0 amide bonds. The number of para-hydroxylation sites is 1. The minimum Gasteiger partial charge on any atom is -0.310 e. The van der Waals surface area contributed by atoms with E-state index in [4.69, 9.17) is 0 Å². The molecule has 1 nitrogen and oxygen atoms in total. The first-order chi connectivity index (χ1) is 27.2. The maximum atomic E-state index is 2.41. The largest absolute Gasteiger partial charge is 0.310 e. The monoisotopic (exact) mass is 699 g/mol. The van der Waals surface area contributed by atoms with Crippen LogP contribution in [-0.4, -0.2) is 0 Å². The second-order valence-electron chi connectivity index (χ2n) is 14.2. The summed E-state index contributed by atoms with van der Waals surface area (Å²) in [7, 11) is 0. The minimum atomic E-state index is 1.10. The highest BCUT2D eigenvalue weighted by atomic mass is 15.1. The molecular weight excluding hydrogens is 663 g/mol. The molecule has 0 fully saturated rings. The Bertz CT molecular complexity index is 2970. The smallest absolute Gasteiger partial charge is 0.0540 e. The van der Waals surface area contributed by atoms with Gasteiger partial charge in [-0.2, -0.15) is 0 Å². The fourth-order valence-corrected chi connectivity index (χ4v) is 8.01. The fourth-order valence-electron chi connectivity index (χ4n) is 8.01. The van der Waals surface area contributed by atoms with Crippen molar-refractivity contribution in [2.45, 2.75) is 0 Å². The second-order valence-corrected chi connectivity index (χ2v) is 14.2. The third-order valence-corrected chi connectivity index (χ3v) is 10.8. The second kappa shape index (κ2) is 14.0. The summed E-state index contributed by atoms with van der Waals surface area (Å²) in [5.74, 6) is 0. The molecule has 258 valence electrons. The van der Waals surface area contributed by atoms with E-state index in [0.29, 0.717) is 0 Å². The van der Waals surface area contributed by atoms with Gasteiger partial charge in [-0.1, -0.05) is 182 Å². The lowest BCUT2D eigenvalue weighted by molar-refractivity contribution is 1.28. The lowest BCUT2D eigenvalue weighted by atomic mass is 9.96. The van der Waals surface area contributed by atoms with Crippen LogP contribution in [0.4, 0.5) is 17.1 Å². The highest BCUT2D eigenvalue weighted by molar-refractivity contribution is 5.98. The predicted molar refractivity (Wildman–Crippen MR) is 235 cm³/mol. The van der Waals surface area contributed by atoms with E-state index in [1.54, 1.807) is 0 Å². The summed E-state index contributed by atoms with van der Waals surface area (Å²) in [6, 6.07) is 81.5. The van der Waals surface area contributed by atoms with Crippen LogP contribution in [0, 0.1) is 0 Å². The van der Waals surface area contributed by atoms with Crippen molar-refractivity contribution in [3.05, 3.63) is 224 Å². The first-order valence-electron chi connectivity index (χ1n) is 18.9. The third-order valence-electron chi connectivity index (χ3n) is 10.8.